The molecule has 10 nitrogen and oxygen atoms in total. The first-order valence-electron chi connectivity index (χ1n) is 11.4. The number of rotatable bonds is 8. The predicted octanol–water partition coefficient (Wildman–Crippen LogP) is 2.65. The molecule has 1 saturated heterocycles. The summed E-state index contributed by atoms with van der Waals surface area (Å²) in [5.41, 5.74) is 1.54. The second-order valence-electron chi connectivity index (χ2n) is 8.84. The number of fused-ring (bicyclic) bond motifs is 1. The lowest BCUT2D eigenvalue weighted by Crippen LogP contribution is -2.31. The zero-order chi connectivity index (χ0) is 22.8. The van der Waals surface area contributed by atoms with Gasteiger partial charge < -0.3 is 25.8 Å². The summed E-state index contributed by atoms with van der Waals surface area (Å²) < 4.78 is 7.46. The molecule has 5 rings (SSSR count). The van der Waals surface area contributed by atoms with Gasteiger partial charge in [-0.1, -0.05) is 6.07 Å². The van der Waals surface area contributed by atoms with Crippen molar-refractivity contribution >= 4 is 29.0 Å². The van der Waals surface area contributed by atoms with Crippen molar-refractivity contribution < 1.29 is 14.6 Å². The summed E-state index contributed by atoms with van der Waals surface area (Å²) in [5.74, 6) is 1.63. The zero-order valence-electron chi connectivity index (χ0n) is 18.7. The summed E-state index contributed by atoms with van der Waals surface area (Å²) in [7, 11) is 1.79. The molecule has 10 heteroatoms. The van der Waals surface area contributed by atoms with Crippen LogP contribution in [-0.2, 0) is 4.74 Å². The Morgan fingerprint density at radius 3 is 2.88 bits per heavy atom. The SMILES string of the molecule is CNc1cc(Nc2cccc(C3CCCCO3)n2)nc2c(C(=O)NCC3(CO)CC3)cnn12. The molecule has 2 fully saturated rings. The van der Waals surface area contributed by atoms with Crippen molar-refractivity contribution in [2.24, 2.45) is 5.41 Å². The molecular formula is C23H29N7O3. The molecule has 0 spiro atoms. The molecule has 4 heterocycles. The van der Waals surface area contributed by atoms with Crippen LogP contribution in [0, 0.1) is 5.41 Å². The third-order valence-corrected chi connectivity index (χ3v) is 6.43. The van der Waals surface area contributed by atoms with Gasteiger partial charge in [-0.25, -0.2) is 9.97 Å². The van der Waals surface area contributed by atoms with Gasteiger partial charge in [-0.2, -0.15) is 9.61 Å². The van der Waals surface area contributed by atoms with Gasteiger partial charge in [0.05, 0.1) is 24.6 Å². The van der Waals surface area contributed by atoms with Crippen LogP contribution in [0.15, 0.2) is 30.5 Å². The lowest BCUT2D eigenvalue weighted by Gasteiger charge is -2.22. The Labute approximate surface area is 191 Å². The second-order valence-corrected chi connectivity index (χ2v) is 8.84. The van der Waals surface area contributed by atoms with E-state index in [-0.39, 0.29) is 24.0 Å². The second kappa shape index (κ2) is 8.95. The summed E-state index contributed by atoms with van der Waals surface area (Å²) in [6.07, 6.45) is 6.57. The van der Waals surface area contributed by atoms with Gasteiger partial charge in [0.25, 0.3) is 5.91 Å². The lowest BCUT2D eigenvalue weighted by molar-refractivity contribution is 0.0124. The van der Waals surface area contributed by atoms with Crippen LogP contribution in [0.1, 0.15) is 54.3 Å². The zero-order valence-corrected chi connectivity index (χ0v) is 18.7. The molecule has 1 amide bonds. The van der Waals surface area contributed by atoms with Crippen molar-refractivity contribution in [1.82, 2.24) is 24.9 Å². The van der Waals surface area contributed by atoms with E-state index in [2.05, 4.69) is 26.0 Å². The number of aromatic nitrogens is 4. The number of carbonyl (C=O) groups excluding carboxylic acids is 1. The van der Waals surface area contributed by atoms with Crippen LogP contribution in [0.25, 0.3) is 5.65 Å². The van der Waals surface area contributed by atoms with Gasteiger partial charge in [0.2, 0.25) is 0 Å². The van der Waals surface area contributed by atoms with E-state index in [9.17, 15) is 9.90 Å². The number of carbonyl (C=O) groups is 1. The van der Waals surface area contributed by atoms with Crippen LogP contribution in [0.5, 0.6) is 0 Å². The fourth-order valence-electron chi connectivity index (χ4n) is 4.10. The molecule has 0 aromatic carbocycles. The Kier molecular flexibility index (Phi) is 5.86. The molecule has 3 aromatic heterocycles. The summed E-state index contributed by atoms with van der Waals surface area (Å²) >= 11 is 0. The number of hydrogen-bond donors (Lipinski definition) is 4. The smallest absolute Gasteiger partial charge is 0.256 e. The minimum atomic E-state index is -0.258. The molecule has 1 unspecified atom stereocenters. The Balaban J connectivity index is 1.39. The van der Waals surface area contributed by atoms with E-state index in [4.69, 9.17) is 9.72 Å². The maximum atomic E-state index is 12.8. The molecule has 1 atom stereocenters. The van der Waals surface area contributed by atoms with E-state index in [0.29, 0.717) is 35.2 Å². The fraction of sp³-hybridized carbons (Fsp3) is 0.478. The van der Waals surface area contributed by atoms with Crippen LogP contribution in [-0.4, -0.2) is 57.4 Å². The van der Waals surface area contributed by atoms with Crippen molar-refractivity contribution in [3.8, 4) is 0 Å². The Bertz CT molecular complexity index is 1150. The quantitative estimate of drug-likeness (QED) is 0.412. The minimum absolute atomic E-state index is 0.0163. The maximum absolute atomic E-state index is 12.8. The Morgan fingerprint density at radius 2 is 2.15 bits per heavy atom. The number of nitrogens with zero attached hydrogens (tertiary/aromatic N) is 4. The van der Waals surface area contributed by atoms with Crippen LogP contribution in [0.4, 0.5) is 17.5 Å². The van der Waals surface area contributed by atoms with Gasteiger partial charge in [0, 0.05) is 31.7 Å². The van der Waals surface area contributed by atoms with Gasteiger partial charge in [-0.3, -0.25) is 4.79 Å². The van der Waals surface area contributed by atoms with Crippen LogP contribution < -0.4 is 16.0 Å². The number of ether oxygens (including phenoxy) is 1. The van der Waals surface area contributed by atoms with Crippen molar-refractivity contribution in [1.29, 1.82) is 0 Å². The first kappa shape index (κ1) is 21.6. The standard InChI is InChI=1S/C23H29N7O3/c1-24-20-11-19(28-18-7-4-5-16(27-18)17-6-2-3-10-33-17)29-21-15(12-26-30(20)21)22(32)25-13-23(14-31)8-9-23/h4-5,7,11-12,17,24,31H,2-3,6,8-10,13-14H2,1H3,(H,25,32)(H,27,28,29). The van der Waals surface area contributed by atoms with Gasteiger partial charge in [-0.15, -0.1) is 0 Å². The lowest BCUT2D eigenvalue weighted by atomic mass is 10.1. The van der Waals surface area contributed by atoms with Gasteiger partial charge in [0.15, 0.2) is 5.65 Å². The molecule has 4 N–H and O–H groups in total. The molecule has 1 saturated carbocycles. The molecule has 33 heavy (non-hydrogen) atoms. The van der Waals surface area contributed by atoms with Gasteiger partial charge >= 0.3 is 0 Å². The number of hydrogen-bond acceptors (Lipinski definition) is 8. The molecule has 0 radical (unpaired) electrons. The van der Waals surface area contributed by atoms with Crippen molar-refractivity contribution in [3.05, 3.63) is 41.7 Å². The highest BCUT2D eigenvalue weighted by molar-refractivity contribution is 6.00. The number of amides is 1. The monoisotopic (exact) mass is 451 g/mol. The molecule has 1 aliphatic heterocycles. The predicted molar refractivity (Wildman–Crippen MR) is 124 cm³/mol. The van der Waals surface area contributed by atoms with E-state index in [1.165, 1.54) is 6.20 Å². The van der Waals surface area contributed by atoms with Crippen molar-refractivity contribution in [2.45, 2.75) is 38.2 Å². The largest absolute Gasteiger partial charge is 0.396 e. The Morgan fingerprint density at radius 1 is 1.27 bits per heavy atom. The van der Waals surface area contributed by atoms with E-state index >= 15 is 0 Å². The third kappa shape index (κ3) is 4.49. The highest BCUT2D eigenvalue weighted by Crippen LogP contribution is 2.44. The number of aliphatic hydroxyl groups is 1. The maximum Gasteiger partial charge on any atom is 0.256 e. The molecule has 174 valence electrons. The molecule has 0 bridgehead atoms. The first-order chi connectivity index (χ1) is 16.1. The van der Waals surface area contributed by atoms with E-state index < -0.39 is 0 Å². The summed E-state index contributed by atoms with van der Waals surface area (Å²) in [5, 5.41) is 23.1. The number of nitrogens with one attached hydrogen (secondary N) is 3. The molecule has 2 aliphatic rings. The van der Waals surface area contributed by atoms with E-state index in [1.807, 2.05) is 24.3 Å². The van der Waals surface area contributed by atoms with Gasteiger partial charge in [0.1, 0.15) is 23.0 Å². The van der Waals surface area contributed by atoms with Gasteiger partial charge in [-0.05, 0) is 44.2 Å². The minimum Gasteiger partial charge on any atom is -0.396 e. The number of anilines is 3. The fourth-order valence-corrected chi connectivity index (χ4v) is 4.10. The van der Waals surface area contributed by atoms with Crippen LogP contribution in [0.2, 0.25) is 0 Å². The highest BCUT2D eigenvalue weighted by atomic mass is 16.5. The highest BCUT2D eigenvalue weighted by Gasteiger charge is 2.42. The normalized spacial score (nSPS) is 19.3. The van der Waals surface area contributed by atoms with E-state index in [0.717, 1.165) is 44.4 Å². The molecule has 1 aliphatic carbocycles. The summed E-state index contributed by atoms with van der Waals surface area (Å²) in [6, 6.07) is 7.63. The average Bonchev–Trinajstić information content (AvgIpc) is 3.52. The van der Waals surface area contributed by atoms with Crippen molar-refractivity contribution in [2.75, 3.05) is 37.4 Å². The number of pyridine rings is 1. The summed E-state index contributed by atoms with van der Waals surface area (Å²) in [4.78, 5) is 22.2. The third-order valence-electron chi connectivity index (χ3n) is 6.43. The average molecular weight is 452 g/mol. The Hall–Kier alpha value is -3.24. The summed E-state index contributed by atoms with van der Waals surface area (Å²) in [6.45, 7) is 1.28. The molecule has 3 aromatic rings. The van der Waals surface area contributed by atoms with Crippen molar-refractivity contribution in [3.63, 3.8) is 0 Å². The van der Waals surface area contributed by atoms with E-state index in [1.54, 1.807) is 11.6 Å². The number of aliphatic hydroxyl groups excluding tert-OH is 1. The first-order valence-corrected chi connectivity index (χ1v) is 11.4. The topological polar surface area (TPSA) is 126 Å². The van der Waals surface area contributed by atoms with Crippen LogP contribution >= 0.6 is 0 Å². The molecular weight excluding hydrogens is 422 g/mol. The van der Waals surface area contributed by atoms with Crippen LogP contribution in [0.3, 0.4) is 0 Å².